The molecule has 0 heterocycles. The van der Waals surface area contributed by atoms with E-state index in [0.717, 1.165) is 18.2 Å². The molecule has 1 aromatic carbocycles. The number of benzene rings is 1. The highest BCUT2D eigenvalue weighted by molar-refractivity contribution is 5.32. The number of hydrogen-bond donors (Lipinski definition) is 1. The zero-order valence-corrected chi connectivity index (χ0v) is 13.9. The van der Waals surface area contributed by atoms with Crippen LogP contribution in [0.1, 0.15) is 57.9 Å². The smallest absolute Gasteiger partial charge is 0.122 e. The first-order chi connectivity index (χ1) is 10.2. The van der Waals surface area contributed by atoms with Crippen LogP contribution in [0.2, 0.25) is 0 Å². The summed E-state index contributed by atoms with van der Waals surface area (Å²) in [5, 5.41) is 3.70. The number of hydrogen-bond acceptors (Lipinski definition) is 2. The highest BCUT2D eigenvalue weighted by atomic mass is 16.5. The van der Waals surface area contributed by atoms with Gasteiger partial charge in [-0.15, -0.1) is 0 Å². The van der Waals surface area contributed by atoms with Gasteiger partial charge in [0.15, 0.2) is 0 Å². The predicted octanol–water partition coefficient (Wildman–Crippen LogP) is 4.71. The number of para-hydroxylation sites is 1. The first kappa shape index (κ1) is 16.4. The van der Waals surface area contributed by atoms with E-state index >= 15 is 0 Å². The quantitative estimate of drug-likeness (QED) is 0.785. The molecule has 2 rings (SSSR count). The third kappa shape index (κ3) is 4.74. The first-order valence-electron chi connectivity index (χ1n) is 8.70. The van der Waals surface area contributed by atoms with Crippen molar-refractivity contribution >= 4 is 0 Å². The minimum absolute atomic E-state index is 0.322. The molecule has 3 unspecified atom stereocenters. The molecule has 0 radical (unpaired) electrons. The molecule has 0 spiro atoms. The minimum atomic E-state index is 0.322. The lowest BCUT2D eigenvalue weighted by Crippen LogP contribution is -2.47. The molecule has 1 saturated carbocycles. The Kier molecular flexibility index (Phi) is 6.56. The SMILES string of the molecule is CCCNC1CCC(CCC)CC1Oc1ccccc1C. The van der Waals surface area contributed by atoms with Crippen LogP contribution >= 0.6 is 0 Å². The van der Waals surface area contributed by atoms with E-state index in [9.17, 15) is 0 Å². The van der Waals surface area contributed by atoms with Gasteiger partial charge in [0.25, 0.3) is 0 Å². The Morgan fingerprint density at radius 2 is 1.95 bits per heavy atom. The van der Waals surface area contributed by atoms with Gasteiger partial charge < -0.3 is 10.1 Å². The molecule has 21 heavy (non-hydrogen) atoms. The summed E-state index contributed by atoms with van der Waals surface area (Å²) in [4.78, 5) is 0. The van der Waals surface area contributed by atoms with Crippen LogP contribution in [-0.4, -0.2) is 18.7 Å². The lowest BCUT2D eigenvalue weighted by atomic mass is 9.81. The van der Waals surface area contributed by atoms with E-state index in [-0.39, 0.29) is 0 Å². The topological polar surface area (TPSA) is 21.3 Å². The average molecular weight is 289 g/mol. The van der Waals surface area contributed by atoms with Crippen LogP contribution in [0.15, 0.2) is 24.3 Å². The summed E-state index contributed by atoms with van der Waals surface area (Å²) < 4.78 is 6.41. The Hall–Kier alpha value is -1.02. The van der Waals surface area contributed by atoms with Crippen LogP contribution in [0.5, 0.6) is 5.75 Å². The first-order valence-corrected chi connectivity index (χ1v) is 8.70. The summed E-state index contributed by atoms with van der Waals surface area (Å²) in [5.41, 5.74) is 1.24. The Labute approximate surface area is 130 Å². The summed E-state index contributed by atoms with van der Waals surface area (Å²) >= 11 is 0. The van der Waals surface area contributed by atoms with Gasteiger partial charge in [-0.1, -0.05) is 44.9 Å². The molecule has 1 aliphatic rings. The minimum Gasteiger partial charge on any atom is -0.489 e. The van der Waals surface area contributed by atoms with Gasteiger partial charge >= 0.3 is 0 Å². The van der Waals surface area contributed by atoms with E-state index in [0.29, 0.717) is 12.1 Å². The fourth-order valence-electron chi connectivity index (χ4n) is 3.43. The van der Waals surface area contributed by atoms with E-state index in [1.54, 1.807) is 0 Å². The highest BCUT2D eigenvalue weighted by Crippen LogP contribution is 2.31. The van der Waals surface area contributed by atoms with Crippen LogP contribution in [0.25, 0.3) is 0 Å². The second-order valence-corrected chi connectivity index (χ2v) is 6.45. The third-order valence-corrected chi connectivity index (χ3v) is 4.63. The van der Waals surface area contributed by atoms with Crippen molar-refractivity contribution in [2.45, 2.75) is 71.4 Å². The van der Waals surface area contributed by atoms with E-state index < -0.39 is 0 Å². The Bertz CT molecular complexity index is 418. The van der Waals surface area contributed by atoms with Crippen LogP contribution < -0.4 is 10.1 Å². The van der Waals surface area contributed by atoms with E-state index in [1.807, 2.05) is 0 Å². The summed E-state index contributed by atoms with van der Waals surface area (Å²) in [6.45, 7) is 7.75. The van der Waals surface area contributed by atoms with Crippen molar-refractivity contribution in [3.8, 4) is 5.75 Å². The Balaban J connectivity index is 2.03. The molecule has 0 saturated heterocycles. The summed E-state index contributed by atoms with van der Waals surface area (Å²) in [6.07, 6.45) is 7.94. The molecule has 3 atom stereocenters. The largest absolute Gasteiger partial charge is 0.489 e. The molecular weight excluding hydrogens is 258 g/mol. The zero-order valence-electron chi connectivity index (χ0n) is 13.9. The van der Waals surface area contributed by atoms with Gasteiger partial charge in [0.1, 0.15) is 11.9 Å². The molecule has 1 aromatic rings. The van der Waals surface area contributed by atoms with Crippen LogP contribution in [0.4, 0.5) is 0 Å². The molecule has 1 aliphatic carbocycles. The van der Waals surface area contributed by atoms with Gasteiger partial charge in [-0.3, -0.25) is 0 Å². The lowest BCUT2D eigenvalue weighted by molar-refractivity contribution is 0.0827. The Morgan fingerprint density at radius 3 is 2.67 bits per heavy atom. The van der Waals surface area contributed by atoms with Crippen molar-refractivity contribution in [1.29, 1.82) is 0 Å². The van der Waals surface area contributed by atoms with Crippen molar-refractivity contribution in [3.05, 3.63) is 29.8 Å². The van der Waals surface area contributed by atoms with Crippen molar-refractivity contribution in [2.75, 3.05) is 6.54 Å². The monoisotopic (exact) mass is 289 g/mol. The van der Waals surface area contributed by atoms with Gasteiger partial charge in [0.2, 0.25) is 0 Å². The van der Waals surface area contributed by atoms with Gasteiger partial charge in [0.05, 0.1) is 0 Å². The maximum absolute atomic E-state index is 6.41. The fourth-order valence-corrected chi connectivity index (χ4v) is 3.43. The second-order valence-electron chi connectivity index (χ2n) is 6.45. The van der Waals surface area contributed by atoms with Crippen molar-refractivity contribution in [1.82, 2.24) is 5.32 Å². The van der Waals surface area contributed by atoms with Gasteiger partial charge in [0, 0.05) is 6.04 Å². The van der Waals surface area contributed by atoms with E-state index in [2.05, 4.69) is 50.4 Å². The van der Waals surface area contributed by atoms with Crippen molar-refractivity contribution in [2.24, 2.45) is 5.92 Å². The molecule has 2 nitrogen and oxygen atoms in total. The number of rotatable bonds is 7. The zero-order chi connectivity index (χ0) is 15.1. The molecule has 118 valence electrons. The standard InChI is InChI=1S/C19H31NO/c1-4-8-16-11-12-17(20-13-5-2)19(14-16)21-18-10-7-6-9-15(18)3/h6-7,9-10,16-17,19-20H,4-5,8,11-14H2,1-3H3. The predicted molar refractivity (Wildman–Crippen MR) is 89.9 cm³/mol. The average Bonchev–Trinajstić information content (AvgIpc) is 2.49. The normalized spacial score (nSPS) is 25.8. The molecule has 0 aliphatic heterocycles. The maximum atomic E-state index is 6.41. The lowest BCUT2D eigenvalue weighted by Gasteiger charge is -2.37. The third-order valence-electron chi connectivity index (χ3n) is 4.63. The van der Waals surface area contributed by atoms with Crippen LogP contribution in [-0.2, 0) is 0 Å². The van der Waals surface area contributed by atoms with E-state index in [1.165, 1.54) is 44.1 Å². The van der Waals surface area contributed by atoms with Crippen molar-refractivity contribution in [3.63, 3.8) is 0 Å². The van der Waals surface area contributed by atoms with Gasteiger partial charge in [-0.2, -0.15) is 0 Å². The molecule has 2 heteroatoms. The summed E-state index contributed by atoms with van der Waals surface area (Å²) in [6, 6.07) is 8.91. The molecule has 0 aromatic heterocycles. The number of nitrogens with one attached hydrogen (secondary N) is 1. The maximum Gasteiger partial charge on any atom is 0.122 e. The van der Waals surface area contributed by atoms with Crippen LogP contribution in [0, 0.1) is 12.8 Å². The molecule has 1 N–H and O–H groups in total. The summed E-state index contributed by atoms with van der Waals surface area (Å²) in [7, 11) is 0. The molecule has 0 bridgehead atoms. The number of ether oxygens (including phenoxy) is 1. The Morgan fingerprint density at radius 1 is 1.14 bits per heavy atom. The van der Waals surface area contributed by atoms with Gasteiger partial charge in [-0.05, 0) is 56.7 Å². The highest BCUT2D eigenvalue weighted by Gasteiger charge is 2.31. The van der Waals surface area contributed by atoms with Gasteiger partial charge in [-0.25, -0.2) is 0 Å². The molecule has 0 amide bonds. The summed E-state index contributed by atoms with van der Waals surface area (Å²) in [5.74, 6) is 1.90. The second kappa shape index (κ2) is 8.43. The fraction of sp³-hybridized carbons (Fsp3) is 0.684. The molecular formula is C19H31NO. The number of aryl methyl sites for hydroxylation is 1. The van der Waals surface area contributed by atoms with Crippen molar-refractivity contribution < 1.29 is 4.74 Å². The molecule has 1 fully saturated rings. The van der Waals surface area contributed by atoms with Crippen LogP contribution in [0.3, 0.4) is 0 Å². The van der Waals surface area contributed by atoms with E-state index in [4.69, 9.17) is 4.74 Å².